The van der Waals surface area contributed by atoms with E-state index in [9.17, 15) is 5.11 Å². The highest BCUT2D eigenvalue weighted by atomic mass is 16.5. The number of allylic oxidation sites excluding steroid dienone is 6. The first-order chi connectivity index (χ1) is 11.4. The molecule has 0 aromatic rings. The summed E-state index contributed by atoms with van der Waals surface area (Å²) in [6.07, 6.45) is 15.2. The van der Waals surface area contributed by atoms with Gasteiger partial charge in [-0.1, -0.05) is 37.6 Å². The van der Waals surface area contributed by atoms with Crippen molar-refractivity contribution >= 4 is 0 Å². The molecule has 5 atom stereocenters. The molecule has 0 aromatic heterocycles. The van der Waals surface area contributed by atoms with Gasteiger partial charge in [0.15, 0.2) is 0 Å². The minimum absolute atomic E-state index is 0.0627. The van der Waals surface area contributed by atoms with Crippen LogP contribution in [0.25, 0.3) is 0 Å². The molecule has 1 N–H and O–H groups in total. The summed E-state index contributed by atoms with van der Waals surface area (Å²) in [5.41, 5.74) is 2.45. The maximum atomic E-state index is 11.1. The first-order valence-electron chi connectivity index (χ1n) is 9.40. The summed E-state index contributed by atoms with van der Waals surface area (Å²) in [5, 5.41) is 11.1. The lowest BCUT2D eigenvalue weighted by molar-refractivity contribution is -0.0424. The molecule has 24 heavy (non-hydrogen) atoms. The van der Waals surface area contributed by atoms with E-state index in [4.69, 9.17) is 4.74 Å². The van der Waals surface area contributed by atoms with Crippen molar-refractivity contribution in [1.29, 1.82) is 0 Å². The number of methoxy groups -OCH3 is 1. The number of aliphatic hydroxyl groups is 1. The Bertz CT molecular complexity index is 669. The molecule has 1 fully saturated rings. The summed E-state index contributed by atoms with van der Waals surface area (Å²) in [5.74, 6) is 2.24. The van der Waals surface area contributed by atoms with Crippen LogP contribution in [0.5, 0.6) is 0 Å². The number of fused-ring (bicyclic) bond motifs is 5. The highest BCUT2D eigenvalue weighted by Gasteiger charge is 2.60. The molecule has 0 amide bonds. The Hall–Kier alpha value is -1.28. The second-order valence-electron chi connectivity index (χ2n) is 8.70. The van der Waals surface area contributed by atoms with E-state index in [1.165, 1.54) is 5.57 Å². The van der Waals surface area contributed by atoms with E-state index in [0.717, 1.165) is 44.3 Å². The van der Waals surface area contributed by atoms with Gasteiger partial charge in [-0.3, -0.25) is 0 Å². The van der Waals surface area contributed by atoms with Crippen LogP contribution in [0.4, 0.5) is 0 Å². The molecular weight excluding hydrogens is 296 g/mol. The van der Waals surface area contributed by atoms with Gasteiger partial charge >= 0.3 is 0 Å². The molecule has 4 aliphatic carbocycles. The predicted octanol–water partition coefficient (Wildman–Crippen LogP) is 4.93. The van der Waals surface area contributed by atoms with E-state index in [-0.39, 0.29) is 10.8 Å². The van der Waals surface area contributed by atoms with E-state index < -0.39 is 5.60 Å². The topological polar surface area (TPSA) is 29.5 Å². The van der Waals surface area contributed by atoms with Crippen molar-refractivity contribution in [2.45, 2.75) is 58.0 Å². The molecule has 2 heteroatoms. The molecule has 3 unspecified atom stereocenters. The largest absolute Gasteiger partial charge is 0.501 e. The van der Waals surface area contributed by atoms with E-state index >= 15 is 0 Å². The molecule has 4 rings (SSSR count). The lowest BCUT2D eigenvalue weighted by atomic mass is 9.52. The first kappa shape index (κ1) is 16.2. The van der Waals surface area contributed by atoms with Crippen molar-refractivity contribution in [2.24, 2.45) is 22.7 Å². The molecule has 0 radical (unpaired) electrons. The standard InChI is InChI=1S/C22H30O2/c1-5-22(23)13-10-19-17-7-6-15-14-16(24-4)8-11-20(15,2)18(17)9-12-21(19,22)3/h5-6,9,14,17,19,23H,1,7-8,10-13H2,2-4H3/t17?,19?,20-,21-,22?/m0/s1. The van der Waals surface area contributed by atoms with Crippen LogP contribution in [0.1, 0.15) is 52.4 Å². The molecule has 0 spiro atoms. The average Bonchev–Trinajstić information content (AvgIpc) is 2.86. The smallest absolute Gasteiger partial charge is 0.0958 e. The molecule has 0 aromatic carbocycles. The van der Waals surface area contributed by atoms with Gasteiger partial charge in [0.25, 0.3) is 0 Å². The van der Waals surface area contributed by atoms with E-state index in [2.05, 4.69) is 38.7 Å². The van der Waals surface area contributed by atoms with Gasteiger partial charge in [0.1, 0.15) is 0 Å². The highest BCUT2D eigenvalue weighted by Crippen LogP contribution is 2.65. The van der Waals surface area contributed by atoms with Crippen LogP contribution in [0, 0.1) is 22.7 Å². The second kappa shape index (κ2) is 5.11. The van der Waals surface area contributed by atoms with Gasteiger partial charge in [-0.05, 0) is 55.6 Å². The van der Waals surface area contributed by atoms with Crippen molar-refractivity contribution < 1.29 is 9.84 Å². The van der Waals surface area contributed by atoms with Crippen LogP contribution in [0.2, 0.25) is 0 Å². The zero-order valence-corrected chi connectivity index (χ0v) is 15.3. The SMILES string of the molecule is C=CC1(O)CCC2C3CC=C4C=C(OC)CC[C@]4(C)C3=CC[C@@]21C. The van der Waals surface area contributed by atoms with Crippen molar-refractivity contribution in [2.75, 3.05) is 7.11 Å². The average molecular weight is 326 g/mol. The zero-order valence-electron chi connectivity index (χ0n) is 15.3. The number of hydrogen-bond donors (Lipinski definition) is 1. The fraction of sp³-hybridized carbons (Fsp3) is 0.636. The van der Waals surface area contributed by atoms with Gasteiger partial charge in [-0.25, -0.2) is 0 Å². The lowest BCUT2D eigenvalue weighted by Gasteiger charge is -2.53. The minimum atomic E-state index is -0.708. The Morgan fingerprint density at radius 2 is 2.08 bits per heavy atom. The molecule has 0 bridgehead atoms. The highest BCUT2D eigenvalue weighted by molar-refractivity contribution is 5.45. The number of rotatable bonds is 2. The predicted molar refractivity (Wildman–Crippen MR) is 97.3 cm³/mol. The molecule has 2 nitrogen and oxygen atoms in total. The number of hydrogen-bond acceptors (Lipinski definition) is 2. The van der Waals surface area contributed by atoms with Crippen molar-refractivity contribution in [3.05, 3.63) is 47.8 Å². The molecule has 4 aliphatic rings. The normalized spacial score (nSPS) is 46.8. The third-order valence-electron chi connectivity index (χ3n) is 7.93. The third-order valence-corrected chi connectivity index (χ3v) is 7.93. The summed E-state index contributed by atoms with van der Waals surface area (Å²) in [6.45, 7) is 8.64. The third kappa shape index (κ3) is 1.87. The van der Waals surface area contributed by atoms with Gasteiger partial charge in [0, 0.05) is 17.3 Å². The summed E-state index contributed by atoms with van der Waals surface area (Å²) >= 11 is 0. The Kier molecular flexibility index (Phi) is 3.45. The van der Waals surface area contributed by atoms with Crippen LogP contribution in [-0.2, 0) is 4.74 Å². The monoisotopic (exact) mass is 326 g/mol. The first-order valence-corrected chi connectivity index (χ1v) is 9.40. The Balaban J connectivity index is 1.75. The van der Waals surface area contributed by atoms with Crippen molar-refractivity contribution in [3.8, 4) is 0 Å². The molecule has 0 saturated heterocycles. The van der Waals surface area contributed by atoms with E-state index in [1.807, 2.05) is 6.08 Å². The van der Waals surface area contributed by atoms with Crippen molar-refractivity contribution in [3.63, 3.8) is 0 Å². The van der Waals surface area contributed by atoms with Crippen LogP contribution in [0.3, 0.4) is 0 Å². The number of ether oxygens (including phenoxy) is 1. The molecule has 0 heterocycles. The summed E-state index contributed by atoms with van der Waals surface area (Å²) in [7, 11) is 1.78. The molecule has 130 valence electrons. The second-order valence-corrected chi connectivity index (χ2v) is 8.70. The summed E-state index contributed by atoms with van der Waals surface area (Å²) < 4.78 is 5.51. The Morgan fingerprint density at radius 3 is 2.79 bits per heavy atom. The molecule has 0 aliphatic heterocycles. The van der Waals surface area contributed by atoms with Crippen LogP contribution in [0.15, 0.2) is 47.8 Å². The quantitative estimate of drug-likeness (QED) is 0.729. The van der Waals surface area contributed by atoms with Crippen LogP contribution in [-0.4, -0.2) is 17.8 Å². The van der Waals surface area contributed by atoms with Crippen LogP contribution < -0.4 is 0 Å². The maximum Gasteiger partial charge on any atom is 0.0958 e. The lowest BCUT2D eigenvalue weighted by Crippen LogP contribution is -2.49. The summed E-state index contributed by atoms with van der Waals surface area (Å²) in [4.78, 5) is 0. The summed E-state index contributed by atoms with van der Waals surface area (Å²) in [6, 6.07) is 0. The van der Waals surface area contributed by atoms with Gasteiger partial charge in [-0.2, -0.15) is 0 Å². The van der Waals surface area contributed by atoms with Gasteiger partial charge in [0.2, 0.25) is 0 Å². The van der Waals surface area contributed by atoms with Gasteiger partial charge < -0.3 is 9.84 Å². The maximum absolute atomic E-state index is 11.1. The molecule has 1 saturated carbocycles. The van der Waals surface area contributed by atoms with Crippen LogP contribution >= 0.6 is 0 Å². The minimum Gasteiger partial charge on any atom is -0.501 e. The fourth-order valence-electron chi connectivity index (χ4n) is 6.16. The Labute approximate surface area is 146 Å². The van der Waals surface area contributed by atoms with Crippen molar-refractivity contribution in [1.82, 2.24) is 0 Å². The van der Waals surface area contributed by atoms with E-state index in [1.54, 1.807) is 12.7 Å². The zero-order chi connectivity index (χ0) is 17.2. The Morgan fingerprint density at radius 1 is 1.29 bits per heavy atom. The van der Waals surface area contributed by atoms with Gasteiger partial charge in [0.05, 0.1) is 18.5 Å². The van der Waals surface area contributed by atoms with E-state index in [0.29, 0.717) is 11.8 Å². The molecular formula is C22H30O2. The fourth-order valence-corrected chi connectivity index (χ4v) is 6.16. The van der Waals surface area contributed by atoms with Gasteiger partial charge in [-0.15, -0.1) is 6.58 Å².